The number of nitrogens with zero attached hydrogens (tertiary/aromatic N) is 8. The molecule has 5 atom stereocenters. The van der Waals surface area contributed by atoms with Gasteiger partial charge in [-0.05, 0) is 35.4 Å². The minimum Gasteiger partial charge on any atom is -0.748 e. The SMILES string of the molecule is O=S(=O)([O-])CCNc1nc(Nc2ccc(C=Cc3ccc(Nc4nc(NCCS(=O)(=O)[O-])nc([N+]5(CCO)CC5(CO)C(O)CO)n4)cc3S(=O)(=O)[O-])c(S(=O)(=O)[O-])c2)nc(N(CCO)CC(O)C(O)CO)n1.[Na+].[Na+].[Na+].[Na+]. The van der Waals surface area contributed by atoms with Crippen molar-refractivity contribution in [1.82, 2.24) is 34.4 Å². The van der Waals surface area contributed by atoms with Crippen molar-refractivity contribution in [3.63, 3.8) is 0 Å². The van der Waals surface area contributed by atoms with Gasteiger partial charge in [0.15, 0.2) is 0 Å². The Morgan fingerprint density at radius 1 is 0.623 bits per heavy atom. The molecule has 77 heavy (non-hydrogen) atoms. The minimum atomic E-state index is -5.39. The van der Waals surface area contributed by atoms with Crippen LogP contribution < -0.4 is 149 Å². The van der Waals surface area contributed by atoms with Gasteiger partial charge in [0, 0.05) is 37.6 Å². The molecule has 40 heteroatoms. The summed E-state index contributed by atoms with van der Waals surface area (Å²) in [6.45, 7) is -5.73. The van der Waals surface area contributed by atoms with Gasteiger partial charge in [0.1, 0.15) is 52.1 Å². The predicted molar refractivity (Wildman–Crippen MR) is 250 cm³/mol. The Hall–Kier alpha value is -1.52. The number of aliphatic hydroxyl groups is 8. The smallest absolute Gasteiger partial charge is 0.748 e. The molecule has 1 fully saturated rings. The maximum absolute atomic E-state index is 12.7. The number of rotatable bonds is 29. The molecule has 4 aromatic rings. The van der Waals surface area contributed by atoms with Gasteiger partial charge in [-0.25, -0.2) is 38.2 Å². The number of benzene rings is 2. The van der Waals surface area contributed by atoms with Crippen LogP contribution in [0.4, 0.5) is 47.1 Å². The van der Waals surface area contributed by atoms with Crippen LogP contribution in [0.5, 0.6) is 0 Å². The van der Waals surface area contributed by atoms with E-state index in [2.05, 4.69) is 51.2 Å². The van der Waals surface area contributed by atoms with E-state index >= 15 is 0 Å². The number of quaternary nitrogens is 1. The van der Waals surface area contributed by atoms with E-state index in [-0.39, 0.29) is 178 Å². The van der Waals surface area contributed by atoms with Gasteiger partial charge < -0.3 is 85.2 Å². The summed E-state index contributed by atoms with van der Waals surface area (Å²) in [7, 11) is -20.2. The van der Waals surface area contributed by atoms with Crippen molar-refractivity contribution < 1.29 is 211 Å². The molecule has 2 aromatic heterocycles. The number of hydrogen-bond donors (Lipinski definition) is 12. The van der Waals surface area contributed by atoms with Crippen LogP contribution in [0, 0.1) is 0 Å². The Bertz CT molecular complexity index is 3110. The van der Waals surface area contributed by atoms with Crippen LogP contribution in [-0.2, 0) is 40.5 Å². The quantitative estimate of drug-likeness (QED) is 0.00790. The second-order valence-corrected chi connectivity index (χ2v) is 21.7. The summed E-state index contributed by atoms with van der Waals surface area (Å²) in [4.78, 5) is 24.2. The Morgan fingerprint density at radius 2 is 1.08 bits per heavy atom. The molecule has 0 bridgehead atoms. The molecule has 0 spiro atoms. The Morgan fingerprint density at radius 3 is 1.49 bits per heavy atom. The van der Waals surface area contributed by atoms with Gasteiger partial charge in [0.2, 0.25) is 35.3 Å². The molecule has 1 aliphatic heterocycles. The molecule has 5 rings (SSSR count). The van der Waals surface area contributed by atoms with E-state index in [1.54, 1.807) is 0 Å². The fourth-order valence-corrected chi connectivity index (χ4v) is 9.36. The van der Waals surface area contributed by atoms with Crippen LogP contribution in [0.1, 0.15) is 11.1 Å². The van der Waals surface area contributed by atoms with Crippen molar-refractivity contribution in [3.8, 4) is 0 Å². The van der Waals surface area contributed by atoms with Crippen LogP contribution in [0.3, 0.4) is 0 Å². The Kier molecular flexibility index (Phi) is 29.8. The van der Waals surface area contributed by atoms with Crippen molar-refractivity contribution in [2.75, 3.05) is 110 Å². The zero-order valence-corrected chi connectivity index (χ0v) is 53.0. The minimum absolute atomic E-state index is 0. The second-order valence-electron chi connectivity index (χ2n) is 16.0. The first-order valence-electron chi connectivity index (χ1n) is 21.1. The third-order valence-corrected chi connectivity index (χ3v) is 14.1. The van der Waals surface area contributed by atoms with Gasteiger partial charge in [-0.3, -0.25) is 0 Å². The van der Waals surface area contributed by atoms with Gasteiger partial charge >= 0.3 is 124 Å². The summed E-state index contributed by atoms with van der Waals surface area (Å²) in [6.07, 6.45) is -2.86. The monoisotopic (exact) mass is 1200 g/mol. The first-order chi connectivity index (χ1) is 34.1. The largest absolute Gasteiger partial charge is 1.00 e. The molecule has 12 N–H and O–H groups in total. The third kappa shape index (κ3) is 20.4. The fourth-order valence-electron chi connectivity index (χ4n) is 7.27. The first-order valence-corrected chi connectivity index (χ1v) is 27.1. The third-order valence-electron chi connectivity index (χ3n) is 11.0. The van der Waals surface area contributed by atoms with E-state index in [0.29, 0.717) is 0 Å². The van der Waals surface area contributed by atoms with Crippen LogP contribution in [0.25, 0.3) is 12.2 Å². The van der Waals surface area contributed by atoms with Crippen LogP contribution in [-0.4, -0.2) is 230 Å². The van der Waals surface area contributed by atoms with Gasteiger partial charge in [0.05, 0.1) is 74.1 Å². The van der Waals surface area contributed by atoms with Crippen LogP contribution in [0.2, 0.25) is 0 Å². The number of aliphatic hydroxyl groups excluding tert-OH is 8. The number of hydrogen-bond acceptors (Lipinski definition) is 31. The molecule has 404 valence electrons. The van der Waals surface area contributed by atoms with Crippen LogP contribution >= 0.6 is 0 Å². The molecular formula is C37H49N12Na4O20S4+. The average Bonchev–Trinajstić information content (AvgIpc) is 3.98. The molecule has 1 aliphatic rings. The summed E-state index contributed by atoms with van der Waals surface area (Å²) in [5.41, 5.74) is -2.60. The number of anilines is 7. The Labute approximate surface area is 530 Å². The van der Waals surface area contributed by atoms with E-state index in [1.807, 2.05) is 0 Å². The number of nitrogens with one attached hydrogen (secondary N) is 4. The molecular weight excluding hydrogens is 1150 g/mol. The average molecular weight is 1200 g/mol. The van der Waals surface area contributed by atoms with E-state index < -0.39 is 161 Å². The molecule has 0 amide bonds. The summed E-state index contributed by atoms with van der Waals surface area (Å²) < 4.78 is 143. The van der Waals surface area contributed by atoms with Gasteiger partial charge in [-0.1, -0.05) is 24.3 Å². The fraction of sp³-hybridized carbons (Fsp3) is 0.459. The van der Waals surface area contributed by atoms with Gasteiger partial charge in [0.25, 0.3) is 0 Å². The maximum Gasteiger partial charge on any atom is 1.00 e. The molecule has 3 heterocycles. The summed E-state index contributed by atoms with van der Waals surface area (Å²) in [5, 5.41) is 90.2. The number of aromatic nitrogens is 6. The van der Waals surface area contributed by atoms with Crippen molar-refractivity contribution in [2.24, 2.45) is 0 Å². The maximum atomic E-state index is 12.7. The van der Waals surface area contributed by atoms with Crippen molar-refractivity contribution in [3.05, 3.63) is 47.5 Å². The molecule has 5 unspecified atom stereocenters. The molecule has 0 radical (unpaired) electrons. The second kappa shape index (κ2) is 31.2. The molecule has 2 aromatic carbocycles. The summed E-state index contributed by atoms with van der Waals surface area (Å²) in [5.74, 6) is -4.07. The summed E-state index contributed by atoms with van der Waals surface area (Å²) >= 11 is 0. The molecule has 1 saturated heterocycles. The van der Waals surface area contributed by atoms with Gasteiger partial charge in [-0.2, -0.15) is 19.9 Å². The van der Waals surface area contributed by atoms with Crippen molar-refractivity contribution in [2.45, 2.75) is 33.6 Å². The molecule has 32 nitrogen and oxygen atoms in total. The predicted octanol–water partition coefficient (Wildman–Crippen LogP) is -17.6. The standard InChI is InChI=1S/C37H52N12O20S4.4Na/c50-11-9-48(17-26(55)27(56)18-52)35-44-31(38-7-13-70(58,59)60)42-33(45-35)40-24-5-3-22(28(15-24)72(64,65)66)1-2-23-4-6-25(16-29(23)73(67,68)69)41-34-43-32(39-8-14-71(61,62)63)46-36(47-34)49(10-12-51)20-37(49,21-54)30(57)19-53;;;;/h1-6,15-16,26-27,30,50-57H,7-14,17-21H2,(H7-,38,39,40,41,42,43,44,45,46,47,58,59,60,61,62,63,64,65,66,67,68,69);;;;/q;4*+1/p-3. The zero-order chi connectivity index (χ0) is 54.2. The van der Waals surface area contributed by atoms with E-state index in [1.165, 1.54) is 12.1 Å². The molecule has 0 aliphatic carbocycles. The normalized spacial score (nSPS) is 17.6. The zero-order valence-electron chi connectivity index (χ0n) is 41.7. The van der Waals surface area contributed by atoms with Gasteiger partial charge in [-0.15, -0.1) is 9.97 Å². The summed E-state index contributed by atoms with van der Waals surface area (Å²) in [6, 6.07) is 6.22. The van der Waals surface area contributed by atoms with E-state index in [4.69, 9.17) is 0 Å². The Balaban J connectivity index is 0.00000741. The van der Waals surface area contributed by atoms with E-state index in [0.717, 1.165) is 41.3 Å². The molecule has 0 saturated carbocycles. The van der Waals surface area contributed by atoms with Crippen LogP contribution in [0.15, 0.2) is 46.2 Å². The first kappa shape index (κ1) is 73.5. The van der Waals surface area contributed by atoms with Crippen molar-refractivity contribution >= 4 is 99.7 Å². The van der Waals surface area contributed by atoms with E-state index in [9.17, 15) is 92.7 Å². The van der Waals surface area contributed by atoms with Crippen molar-refractivity contribution in [1.29, 1.82) is 0 Å². The topological polar surface area (TPSA) is 519 Å².